The lowest BCUT2D eigenvalue weighted by Crippen LogP contribution is -2.46. The molecule has 0 atom stereocenters. The van der Waals surface area contributed by atoms with Crippen LogP contribution in [0.5, 0.6) is 0 Å². The predicted molar refractivity (Wildman–Crippen MR) is 82.8 cm³/mol. The highest BCUT2D eigenvalue weighted by Crippen LogP contribution is 2.38. The number of nitrogens with one attached hydrogen (secondary N) is 1. The van der Waals surface area contributed by atoms with Gasteiger partial charge in [0.05, 0.1) is 15.2 Å². The van der Waals surface area contributed by atoms with Crippen molar-refractivity contribution in [3.05, 3.63) is 27.7 Å². The van der Waals surface area contributed by atoms with E-state index in [1.165, 1.54) is 12.1 Å². The third kappa shape index (κ3) is 3.98. The summed E-state index contributed by atoms with van der Waals surface area (Å²) >= 11 is 16.4. The Morgan fingerprint density at radius 2 is 1.95 bits per heavy atom. The number of rotatable bonds is 4. The van der Waals surface area contributed by atoms with Crippen LogP contribution in [0.2, 0.25) is 10.0 Å². The fourth-order valence-electron chi connectivity index (χ4n) is 1.39. The SMILES string of the molecule is CC(C)(C(=O)NCc1ccc(Cl)c(N=C=S)c1Cl)C(F)(F)F. The monoisotopic (exact) mass is 370 g/mol. The lowest BCUT2D eigenvalue weighted by atomic mass is 9.91. The van der Waals surface area contributed by atoms with E-state index >= 15 is 0 Å². The van der Waals surface area contributed by atoms with E-state index in [2.05, 4.69) is 27.7 Å². The van der Waals surface area contributed by atoms with Crippen molar-refractivity contribution < 1.29 is 18.0 Å². The van der Waals surface area contributed by atoms with Gasteiger partial charge in [0.1, 0.15) is 11.1 Å². The van der Waals surface area contributed by atoms with E-state index in [1.807, 2.05) is 0 Å². The van der Waals surface area contributed by atoms with Crippen molar-refractivity contribution in [3.8, 4) is 0 Å². The molecule has 0 saturated carbocycles. The van der Waals surface area contributed by atoms with Crippen LogP contribution in [-0.2, 0) is 11.3 Å². The Morgan fingerprint density at radius 3 is 2.45 bits per heavy atom. The number of carbonyl (C=O) groups excluding carboxylic acids is 1. The number of alkyl halides is 3. The third-order valence-corrected chi connectivity index (χ3v) is 3.84. The molecule has 3 nitrogen and oxygen atoms in total. The number of hydrogen-bond donors (Lipinski definition) is 1. The largest absolute Gasteiger partial charge is 0.402 e. The van der Waals surface area contributed by atoms with Gasteiger partial charge in [0.2, 0.25) is 5.91 Å². The maximum atomic E-state index is 12.8. The summed E-state index contributed by atoms with van der Waals surface area (Å²) in [5.74, 6) is -1.16. The van der Waals surface area contributed by atoms with Crippen LogP contribution in [0, 0.1) is 5.41 Å². The number of amides is 1. The highest BCUT2D eigenvalue weighted by Gasteiger charge is 2.52. The summed E-state index contributed by atoms with van der Waals surface area (Å²) in [5, 5.41) is 4.61. The van der Waals surface area contributed by atoms with Crippen LogP contribution in [0.3, 0.4) is 0 Å². The Morgan fingerprint density at radius 1 is 1.36 bits per heavy atom. The second-order valence-electron chi connectivity index (χ2n) is 4.88. The summed E-state index contributed by atoms with van der Waals surface area (Å²) in [5.41, 5.74) is -2.00. The number of hydrogen-bond acceptors (Lipinski definition) is 3. The maximum absolute atomic E-state index is 12.8. The maximum Gasteiger partial charge on any atom is 0.402 e. The van der Waals surface area contributed by atoms with Crippen molar-refractivity contribution in [1.82, 2.24) is 5.32 Å². The molecule has 0 saturated heterocycles. The van der Waals surface area contributed by atoms with E-state index in [9.17, 15) is 18.0 Å². The highest BCUT2D eigenvalue weighted by molar-refractivity contribution is 7.78. The van der Waals surface area contributed by atoms with Crippen LogP contribution in [-0.4, -0.2) is 17.2 Å². The average molecular weight is 371 g/mol. The molecule has 0 radical (unpaired) electrons. The molecule has 0 heterocycles. The third-order valence-electron chi connectivity index (χ3n) is 3.02. The molecule has 0 aliphatic heterocycles. The van der Waals surface area contributed by atoms with E-state index in [0.29, 0.717) is 5.56 Å². The van der Waals surface area contributed by atoms with Crippen molar-refractivity contribution in [2.75, 3.05) is 0 Å². The predicted octanol–water partition coefficient (Wildman–Crippen LogP) is 4.93. The van der Waals surface area contributed by atoms with Crippen molar-refractivity contribution in [2.45, 2.75) is 26.6 Å². The first-order valence-electron chi connectivity index (χ1n) is 5.92. The zero-order valence-electron chi connectivity index (χ0n) is 11.5. The number of nitrogens with zero attached hydrogens (tertiary/aromatic N) is 1. The van der Waals surface area contributed by atoms with E-state index in [4.69, 9.17) is 23.2 Å². The summed E-state index contributed by atoms with van der Waals surface area (Å²) in [4.78, 5) is 15.4. The van der Waals surface area contributed by atoms with Gasteiger partial charge in [-0.1, -0.05) is 29.3 Å². The molecule has 0 aliphatic carbocycles. The van der Waals surface area contributed by atoms with Gasteiger partial charge in [-0.05, 0) is 37.7 Å². The van der Waals surface area contributed by atoms with Crippen molar-refractivity contribution >= 4 is 52.2 Å². The summed E-state index contributed by atoms with van der Waals surface area (Å²) in [6, 6.07) is 2.93. The molecule has 9 heteroatoms. The second kappa shape index (κ2) is 6.96. The Kier molecular flexibility index (Phi) is 5.98. The molecule has 0 bridgehead atoms. The van der Waals surface area contributed by atoms with Gasteiger partial charge in [-0.3, -0.25) is 4.79 Å². The van der Waals surface area contributed by atoms with Gasteiger partial charge >= 0.3 is 6.18 Å². The van der Waals surface area contributed by atoms with Crippen molar-refractivity contribution in [1.29, 1.82) is 0 Å². The molecular formula is C13H11Cl2F3N2OS. The number of aliphatic imine (C=N–C) groups is 1. The van der Waals surface area contributed by atoms with Crippen molar-refractivity contribution in [3.63, 3.8) is 0 Å². The lowest BCUT2D eigenvalue weighted by molar-refractivity contribution is -0.211. The molecular weight excluding hydrogens is 360 g/mol. The van der Waals surface area contributed by atoms with Gasteiger partial charge < -0.3 is 5.32 Å². The molecule has 0 unspecified atom stereocenters. The molecule has 0 aromatic heterocycles. The zero-order chi connectivity index (χ0) is 17.1. The first-order valence-corrected chi connectivity index (χ1v) is 7.08. The molecule has 1 aromatic rings. The second-order valence-corrected chi connectivity index (χ2v) is 5.85. The van der Waals surface area contributed by atoms with Crippen LogP contribution < -0.4 is 5.32 Å². The summed E-state index contributed by atoms with van der Waals surface area (Å²) in [6.45, 7) is 1.40. The lowest BCUT2D eigenvalue weighted by Gasteiger charge is -2.26. The Hall–Kier alpha value is -1.14. The summed E-state index contributed by atoms with van der Waals surface area (Å²) in [7, 11) is 0. The number of carbonyl (C=O) groups is 1. The molecule has 22 heavy (non-hydrogen) atoms. The van der Waals surface area contributed by atoms with Crippen LogP contribution >= 0.6 is 35.4 Å². The molecule has 1 rings (SSSR count). The average Bonchev–Trinajstić information content (AvgIpc) is 2.41. The highest BCUT2D eigenvalue weighted by atomic mass is 35.5. The minimum Gasteiger partial charge on any atom is -0.351 e. The topological polar surface area (TPSA) is 41.5 Å². The van der Waals surface area contributed by atoms with Crippen molar-refractivity contribution in [2.24, 2.45) is 10.4 Å². The Bertz CT molecular complexity index is 641. The molecule has 0 fully saturated rings. The molecule has 120 valence electrons. The summed E-state index contributed by atoms with van der Waals surface area (Å²) < 4.78 is 38.3. The smallest absolute Gasteiger partial charge is 0.351 e. The minimum absolute atomic E-state index is 0.0926. The quantitative estimate of drug-likeness (QED) is 0.602. The number of benzene rings is 1. The Labute approximate surface area is 140 Å². The standard InChI is InChI=1S/C13H11Cl2F3N2OS/c1-12(2,13(16,17)18)11(21)19-5-7-3-4-8(14)10(9(7)15)20-6-22/h3-4H,5H2,1-2H3,(H,19,21). The van der Waals surface area contributed by atoms with Gasteiger partial charge in [-0.2, -0.15) is 18.2 Å². The molecule has 0 aliphatic rings. The molecule has 1 amide bonds. The molecule has 0 spiro atoms. The van der Waals surface area contributed by atoms with Gasteiger partial charge in [0.15, 0.2) is 0 Å². The van der Waals surface area contributed by atoms with Crippen LogP contribution in [0.1, 0.15) is 19.4 Å². The number of isothiocyanates is 1. The van der Waals surface area contributed by atoms with Crippen LogP contribution in [0.25, 0.3) is 0 Å². The molecule has 1 N–H and O–H groups in total. The number of halogens is 5. The van der Waals surface area contributed by atoms with E-state index in [0.717, 1.165) is 13.8 Å². The minimum atomic E-state index is -4.66. The first kappa shape index (κ1) is 18.9. The number of thiocarbonyl (C=S) groups is 1. The van der Waals surface area contributed by atoms with Gasteiger partial charge in [-0.25, -0.2) is 0 Å². The Balaban J connectivity index is 2.97. The van der Waals surface area contributed by atoms with E-state index in [-0.39, 0.29) is 22.3 Å². The molecule has 1 aromatic carbocycles. The van der Waals surface area contributed by atoms with Crippen LogP contribution in [0.15, 0.2) is 17.1 Å². The van der Waals surface area contributed by atoms with E-state index < -0.39 is 17.5 Å². The van der Waals surface area contributed by atoms with Gasteiger partial charge in [-0.15, -0.1) is 0 Å². The first-order chi connectivity index (χ1) is 10.0. The fourth-order valence-corrected chi connectivity index (χ4v) is 2.01. The summed E-state index contributed by atoms with van der Waals surface area (Å²) in [6.07, 6.45) is -4.66. The fraction of sp³-hybridized carbons (Fsp3) is 0.385. The van der Waals surface area contributed by atoms with Crippen LogP contribution in [0.4, 0.5) is 18.9 Å². The van der Waals surface area contributed by atoms with Gasteiger partial charge in [0, 0.05) is 6.54 Å². The van der Waals surface area contributed by atoms with E-state index in [1.54, 1.807) is 0 Å². The normalized spacial score (nSPS) is 11.8. The zero-order valence-corrected chi connectivity index (χ0v) is 13.8. The van der Waals surface area contributed by atoms with Gasteiger partial charge in [0.25, 0.3) is 0 Å².